The maximum Gasteiger partial charge on any atom is 0.272 e. The average Bonchev–Trinajstić information content (AvgIpc) is 2.90. The lowest BCUT2D eigenvalue weighted by Crippen LogP contribution is -2.21. The molecule has 110 valence electrons. The van der Waals surface area contributed by atoms with Crippen molar-refractivity contribution < 1.29 is 9.59 Å². The van der Waals surface area contributed by atoms with Crippen LogP contribution in [0.2, 0.25) is 10.0 Å². The Labute approximate surface area is 134 Å². The van der Waals surface area contributed by atoms with Gasteiger partial charge in [0.1, 0.15) is 0 Å². The number of hydrogen-bond donors (Lipinski definition) is 2. The number of benzene rings is 1. The molecule has 0 saturated heterocycles. The van der Waals surface area contributed by atoms with E-state index in [0.717, 1.165) is 11.5 Å². The van der Waals surface area contributed by atoms with Crippen molar-refractivity contribution in [2.24, 2.45) is 0 Å². The first kappa shape index (κ1) is 15.7. The molecule has 0 bridgehead atoms. The Bertz CT molecular complexity index is 669. The number of aromatic nitrogens is 2. The first-order valence-electron chi connectivity index (χ1n) is 5.80. The van der Waals surface area contributed by atoms with Gasteiger partial charge in [-0.05, 0) is 23.7 Å². The molecule has 0 aliphatic heterocycles. The van der Waals surface area contributed by atoms with Gasteiger partial charge < -0.3 is 10.6 Å². The molecule has 2 amide bonds. The number of amides is 2. The van der Waals surface area contributed by atoms with Gasteiger partial charge in [0.05, 0.1) is 27.0 Å². The lowest BCUT2D eigenvalue weighted by Gasteiger charge is -2.08. The molecule has 1 aromatic carbocycles. The molecule has 0 aliphatic rings. The Hall–Kier alpha value is -1.70. The average molecular weight is 345 g/mol. The lowest BCUT2D eigenvalue weighted by molar-refractivity contribution is -0.115. The van der Waals surface area contributed by atoms with Crippen molar-refractivity contribution in [2.75, 3.05) is 12.4 Å². The van der Waals surface area contributed by atoms with E-state index in [2.05, 4.69) is 20.2 Å². The van der Waals surface area contributed by atoms with Crippen LogP contribution in [0.1, 0.15) is 15.4 Å². The summed E-state index contributed by atoms with van der Waals surface area (Å²) in [7, 11) is 1.48. The monoisotopic (exact) mass is 344 g/mol. The SMILES string of the molecule is CNC(=O)c1nnsc1CC(=O)Nc1c(Cl)cccc1Cl. The second kappa shape index (κ2) is 6.84. The van der Waals surface area contributed by atoms with Gasteiger partial charge in [0, 0.05) is 7.05 Å². The molecule has 0 spiro atoms. The first-order valence-corrected chi connectivity index (χ1v) is 7.33. The molecule has 1 heterocycles. The smallest absolute Gasteiger partial charge is 0.272 e. The normalized spacial score (nSPS) is 10.2. The summed E-state index contributed by atoms with van der Waals surface area (Å²) in [5.41, 5.74) is 0.479. The predicted molar refractivity (Wildman–Crippen MR) is 82.1 cm³/mol. The van der Waals surface area contributed by atoms with Crippen LogP contribution in [-0.4, -0.2) is 28.4 Å². The molecule has 2 aromatic rings. The number of hydrogen-bond acceptors (Lipinski definition) is 5. The van der Waals surface area contributed by atoms with Gasteiger partial charge in [0.15, 0.2) is 5.69 Å². The maximum atomic E-state index is 12.0. The van der Waals surface area contributed by atoms with Gasteiger partial charge in [0.2, 0.25) is 5.91 Å². The van der Waals surface area contributed by atoms with Crippen molar-refractivity contribution in [2.45, 2.75) is 6.42 Å². The summed E-state index contributed by atoms with van der Waals surface area (Å²) in [4.78, 5) is 24.1. The fourth-order valence-corrected chi connectivity index (χ4v) is 2.69. The van der Waals surface area contributed by atoms with Gasteiger partial charge in [-0.3, -0.25) is 9.59 Å². The number of carbonyl (C=O) groups excluding carboxylic acids is 2. The minimum atomic E-state index is -0.387. The van der Waals surface area contributed by atoms with Crippen LogP contribution >= 0.6 is 34.7 Å². The molecule has 21 heavy (non-hydrogen) atoms. The van der Waals surface area contributed by atoms with Gasteiger partial charge in [-0.25, -0.2) is 0 Å². The Morgan fingerprint density at radius 1 is 1.29 bits per heavy atom. The van der Waals surface area contributed by atoms with Gasteiger partial charge in [0.25, 0.3) is 5.91 Å². The molecule has 2 N–H and O–H groups in total. The Balaban J connectivity index is 2.13. The zero-order valence-electron chi connectivity index (χ0n) is 10.8. The van der Waals surface area contributed by atoms with Crippen molar-refractivity contribution in [3.05, 3.63) is 38.8 Å². The van der Waals surface area contributed by atoms with Gasteiger partial charge in [-0.1, -0.05) is 33.8 Å². The number of anilines is 1. The molecular formula is C12H10Cl2N4O2S. The molecule has 0 fully saturated rings. The van der Waals surface area contributed by atoms with E-state index < -0.39 is 0 Å². The second-order valence-electron chi connectivity index (χ2n) is 3.95. The maximum absolute atomic E-state index is 12.0. The fourth-order valence-electron chi connectivity index (χ4n) is 1.56. The lowest BCUT2D eigenvalue weighted by atomic mass is 10.2. The number of nitrogens with one attached hydrogen (secondary N) is 2. The van der Waals surface area contributed by atoms with Gasteiger partial charge in [-0.15, -0.1) is 5.10 Å². The summed E-state index contributed by atoms with van der Waals surface area (Å²) in [5, 5.41) is 9.44. The molecule has 2 rings (SSSR count). The van der Waals surface area contributed by atoms with Crippen molar-refractivity contribution in [3.63, 3.8) is 0 Å². The van der Waals surface area contributed by atoms with Crippen molar-refractivity contribution >= 4 is 52.2 Å². The van der Waals surface area contributed by atoms with E-state index in [1.807, 2.05) is 0 Å². The molecule has 0 radical (unpaired) electrons. The number of carbonyl (C=O) groups is 2. The first-order chi connectivity index (χ1) is 10.0. The zero-order chi connectivity index (χ0) is 15.4. The molecule has 0 saturated carbocycles. The van der Waals surface area contributed by atoms with Crippen LogP contribution in [0.25, 0.3) is 0 Å². The molecule has 0 unspecified atom stereocenters. The number of para-hydroxylation sites is 1. The van der Waals surface area contributed by atoms with E-state index in [9.17, 15) is 9.59 Å². The second-order valence-corrected chi connectivity index (χ2v) is 5.60. The third-order valence-electron chi connectivity index (χ3n) is 2.55. The quantitative estimate of drug-likeness (QED) is 0.891. The van der Waals surface area contributed by atoms with E-state index in [1.165, 1.54) is 7.05 Å². The fraction of sp³-hybridized carbons (Fsp3) is 0.167. The van der Waals surface area contributed by atoms with Crippen LogP contribution in [0.4, 0.5) is 5.69 Å². The summed E-state index contributed by atoms with van der Waals surface area (Å²) >= 11 is 12.9. The van der Waals surface area contributed by atoms with Crippen molar-refractivity contribution in [3.8, 4) is 0 Å². The van der Waals surface area contributed by atoms with Crippen LogP contribution in [0.3, 0.4) is 0 Å². The molecule has 6 nitrogen and oxygen atoms in total. The summed E-state index contributed by atoms with van der Waals surface area (Å²) < 4.78 is 3.69. The Morgan fingerprint density at radius 3 is 2.57 bits per heavy atom. The zero-order valence-corrected chi connectivity index (χ0v) is 13.1. The third kappa shape index (κ3) is 3.69. The van der Waals surface area contributed by atoms with Crippen LogP contribution < -0.4 is 10.6 Å². The summed E-state index contributed by atoms with van der Waals surface area (Å²) in [5.74, 6) is -0.747. The highest BCUT2D eigenvalue weighted by Crippen LogP contribution is 2.30. The Morgan fingerprint density at radius 2 is 1.95 bits per heavy atom. The van der Waals surface area contributed by atoms with E-state index in [0.29, 0.717) is 20.6 Å². The highest BCUT2D eigenvalue weighted by molar-refractivity contribution is 7.06. The summed E-state index contributed by atoms with van der Waals surface area (Å²) in [6.07, 6.45) is -0.0397. The number of nitrogens with zero attached hydrogens (tertiary/aromatic N) is 2. The summed E-state index contributed by atoms with van der Waals surface area (Å²) in [6.45, 7) is 0. The van der Waals surface area contributed by atoms with Crippen molar-refractivity contribution in [1.82, 2.24) is 14.9 Å². The molecule has 1 aromatic heterocycles. The predicted octanol–water partition coefficient (Wildman–Crippen LogP) is 2.39. The Kier molecular flexibility index (Phi) is 5.11. The highest BCUT2D eigenvalue weighted by Gasteiger charge is 2.18. The molecule has 0 aliphatic carbocycles. The molecule has 0 atom stereocenters. The van der Waals surface area contributed by atoms with Crippen LogP contribution in [0.5, 0.6) is 0 Å². The van der Waals surface area contributed by atoms with Crippen LogP contribution in [-0.2, 0) is 11.2 Å². The van der Waals surface area contributed by atoms with Crippen molar-refractivity contribution in [1.29, 1.82) is 0 Å². The minimum Gasteiger partial charge on any atom is -0.354 e. The molecule has 9 heteroatoms. The van der Waals surface area contributed by atoms with E-state index >= 15 is 0 Å². The largest absolute Gasteiger partial charge is 0.354 e. The van der Waals surface area contributed by atoms with Crippen LogP contribution in [0.15, 0.2) is 18.2 Å². The van der Waals surface area contributed by atoms with E-state index in [-0.39, 0.29) is 23.9 Å². The third-order valence-corrected chi connectivity index (χ3v) is 3.90. The number of rotatable bonds is 4. The minimum absolute atomic E-state index is 0.0397. The van der Waals surface area contributed by atoms with E-state index in [4.69, 9.17) is 23.2 Å². The number of halogens is 2. The molecular weight excluding hydrogens is 335 g/mol. The van der Waals surface area contributed by atoms with Gasteiger partial charge >= 0.3 is 0 Å². The standard InChI is InChI=1S/C12H10Cl2N4O2S/c1-15-12(20)11-8(21-18-17-11)5-9(19)16-10-6(13)3-2-4-7(10)14/h2-4H,5H2,1H3,(H,15,20)(H,16,19). The van der Waals surface area contributed by atoms with Crippen LogP contribution in [0, 0.1) is 0 Å². The highest BCUT2D eigenvalue weighted by atomic mass is 35.5. The topological polar surface area (TPSA) is 84.0 Å². The van der Waals surface area contributed by atoms with Gasteiger partial charge in [-0.2, -0.15) is 0 Å². The summed E-state index contributed by atoms with van der Waals surface area (Å²) in [6, 6.07) is 4.91. The van der Waals surface area contributed by atoms with E-state index in [1.54, 1.807) is 18.2 Å².